The summed E-state index contributed by atoms with van der Waals surface area (Å²) in [6.45, 7) is -0.0510. The molecular formula is C24H15F2N3O2S. The number of benzene rings is 3. The van der Waals surface area contributed by atoms with E-state index < -0.39 is 11.6 Å². The molecule has 0 bridgehead atoms. The number of hydrogen-bond acceptors (Lipinski definition) is 4. The number of thiazole rings is 1. The van der Waals surface area contributed by atoms with E-state index in [2.05, 4.69) is 10.3 Å². The van der Waals surface area contributed by atoms with Crippen LogP contribution >= 0.6 is 11.3 Å². The van der Waals surface area contributed by atoms with Crippen LogP contribution in [0.3, 0.4) is 0 Å². The third kappa shape index (κ3) is 3.54. The van der Waals surface area contributed by atoms with E-state index in [0.717, 1.165) is 29.5 Å². The van der Waals surface area contributed by atoms with Crippen molar-refractivity contribution in [1.82, 2.24) is 9.55 Å². The lowest BCUT2D eigenvalue weighted by molar-refractivity contribution is -0.116. The molecule has 5 aromatic rings. The number of carbonyl (C=O) groups is 1. The van der Waals surface area contributed by atoms with Gasteiger partial charge in [0.1, 0.15) is 18.2 Å². The van der Waals surface area contributed by atoms with Crippen molar-refractivity contribution >= 4 is 44.2 Å². The van der Waals surface area contributed by atoms with Gasteiger partial charge in [-0.15, -0.1) is 11.3 Å². The van der Waals surface area contributed by atoms with Crippen molar-refractivity contribution in [3.05, 3.63) is 94.0 Å². The van der Waals surface area contributed by atoms with Gasteiger partial charge in [0, 0.05) is 21.7 Å². The van der Waals surface area contributed by atoms with Crippen molar-refractivity contribution in [1.29, 1.82) is 0 Å². The standard InChI is InChI=1S/C24H15F2N3O2S/c25-14-9-10-18(26)17(11-14)19-13-32-24(27-19)28-22(30)12-29-20-7-3-1-5-15(20)23(31)16-6-2-4-8-21(16)29/h1-11,13H,12H2,(H,27,28,30). The number of halogens is 2. The number of nitrogens with one attached hydrogen (secondary N) is 1. The Morgan fingerprint density at radius 3 is 2.31 bits per heavy atom. The average Bonchev–Trinajstić information content (AvgIpc) is 3.26. The summed E-state index contributed by atoms with van der Waals surface area (Å²) < 4.78 is 29.3. The summed E-state index contributed by atoms with van der Waals surface area (Å²) in [5.41, 5.74) is 1.47. The molecule has 5 nitrogen and oxygen atoms in total. The van der Waals surface area contributed by atoms with Crippen molar-refractivity contribution in [3.8, 4) is 11.3 Å². The maximum atomic E-state index is 14.0. The molecular weight excluding hydrogens is 432 g/mol. The predicted molar refractivity (Wildman–Crippen MR) is 122 cm³/mol. The Hall–Kier alpha value is -3.91. The summed E-state index contributed by atoms with van der Waals surface area (Å²) >= 11 is 1.12. The highest BCUT2D eigenvalue weighted by atomic mass is 32.1. The first-order valence-electron chi connectivity index (χ1n) is 9.72. The summed E-state index contributed by atoms with van der Waals surface area (Å²) in [5.74, 6) is -1.53. The molecule has 1 N–H and O–H groups in total. The molecule has 0 fully saturated rings. The van der Waals surface area contributed by atoms with E-state index in [-0.39, 0.29) is 34.3 Å². The molecule has 0 aliphatic rings. The van der Waals surface area contributed by atoms with Crippen LogP contribution in [0.15, 0.2) is 76.9 Å². The molecule has 158 valence electrons. The lowest BCUT2D eigenvalue weighted by Crippen LogP contribution is -2.21. The van der Waals surface area contributed by atoms with E-state index in [1.165, 1.54) is 0 Å². The van der Waals surface area contributed by atoms with E-state index in [1.54, 1.807) is 46.3 Å². The van der Waals surface area contributed by atoms with Crippen LogP contribution in [0.5, 0.6) is 0 Å². The second-order valence-corrected chi connectivity index (χ2v) is 8.02. The van der Waals surface area contributed by atoms with Crippen LogP contribution in [-0.2, 0) is 11.3 Å². The average molecular weight is 447 g/mol. The van der Waals surface area contributed by atoms with Gasteiger partial charge >= 0.3 is 0 Å². The first-order chi connectivity index (χ1) is 15.5. The predicted octanol–water partition coefficient (Wildman–Crippen LogP) is 5.20. The molecule has 5 rings (SSSR count). The second-order valence-electron chi connectivity index (χ2n) is 7.16. The van der Waals surface area contributed by atoms with Gasteiger partial charge in [-0.25, -0.2) is 13.8 Å². The SMILES string of the molecule is O=C(Cn1c2ccccc2c(=O)c2ccccc21)Nc1nc(-c2cc(F)ccc2F)cs1. The molecule has 0 spiro atoms. The van der Waals surface area contributed by atoms with Crippen LogP contribution < -0.4 is 10.7 Å². The quantitative estimate of drug-likeness (QED) is 0.386. The maximum absolute atomic E-state index is 14.0. The Bertz CT molecular complexity index is 1500. The first kappa shape index (κ1) is 20.0. The fraction of sp³-hybridized carbons (Fsp3) is 0.0417. The van der Waals surface area contributed by atoms with E-state index in [9.17, 15) is 18.4 Å². The van der Waals surface area contributed by atoms with Crippen LogP contribution in [0.25, 0.3) is 33.1 Å². The number of nitrogens with zero attached hydrogens (tertiary/aromatic N) is 2. The van der Waals surface area contributed by atoms with Crippen molar-refractivity contribution in [2.45, 2.75) is 6.54 Å². The van der Waals surface area contributed by atoms with E-state index >= 15 is 0 Å². The molecule has 1 amide bonds. The molecule has 0 saturated carbocycles. The van der Waals surface area contributed by atoms with Crippen LogP contribution in [-0.4, -0.2) is 15.5 Å². The molecule has 0 radical (unpaired) electrons. The van der Waals surface area contributed by atoms with Gasteiger partial charge in [-0.1, -0.05) is 24.3 Å². The molecule has 0 unspecified atom stereocenters. The zero-order valence-corrected chi connectivity index (χ0v) is 17.3. The number of para-hydroxylation sites is 2. The Morgan fingerprint density at radius 2 is 1.62 bits per heavy atom. The molecule has 0 atom stereocenters. The Kier molecular flexibility index (Phi) is 4.99. The van der Waals surface area contributed by atoms with Gasteiger partial charge in [0.05, 0.1) is 16.7 Å². The lowest BCUT2D eigenvalue weighted by atomic mass is 10.1. The first-order valence-corrected chi connectivity index (χ1v) is 10.6. The smallest absolute Gasteiger partial charge is 0.246 e. The molecule has 3 aromatic carbocycles. The number of carbonyl (C=O) groups excluding carboxylic acids is 1. The minimum absolute atomic E-state index is 0.0270. The molecule has 2 aromatic heterocycles. The van der Waals surface area contributed by atoms with Gasteiger partial charge in [-0.05, 0) is 42.5 Å². The van der Waals surface area contributed by atoms with Gasteiger partial charge in [0.2, 0.25) is 5.91 Å². The normalized spacial score (nSPS) is 11.2. The minimum atomic E-state index is -0.597. The lowest BCUT2D eigenvalue weighted by Gasteiger charge is -2.14. The zero-order chi connectivity index (χ0) is 22.2. The molecule has 0 aliphatic carbocycles. The van der Waals surface area contributed by atoms with Gasteiger partial charge in [-0.3, -0.25) is 9.59 Å². The van der Waals surface area contributed by atoms with E-state index in [0.29, 0.717) is 21.8 Å². The summed E-state index contributed by atoms with van der Waals surface area (Å²) in [6.07, 6.45) is 0. The fourth-order valence-corrected chi connectivity index (χ4v) is 4.43. The van der Waals surface area contributed by atoms with Crippen LogP contribution in [0.2, 0.25) is 0 Å². The highest BCUT2D eigenvalue weighted by Gasteiger charge is 2.15. The Labute approximate surface area is 184 Å². The fourth-order valence-electron chi connectivity index (χ4n) is 3.70. The third-order valence-corrected chi connectivity index (χ3v) is 5.89. The van der Waals surface area contributed by atoms with Crippen molar-refractivity contribution < 1.29 is 13.6 Å². The van der Waals surface area contributed by atoms with Crippen molar-refractivity contribution in [2.75, 3.05) is 5.32 Å². The highest BCUT2D eigenvalue weighted by Crippen LogP contribution is 2.28. The minimum Gasteiger partial charge on any atom is -0.331 e. The van der Waals surface area contributed by atoms with Gasteiger partial charge in [0.15, 0.2) is 10.6 Å². The number of fused-ring (bicyclic) bond motifs is 2. The molecule has 32 heavy (non-hydrogen) atoms. The number of aromatic nitrogens is 2. The number of rotatable bonds is 4. The van der Waals surface area contributed by atoms with E-state index in [1.807, 2.05) is 12.1 Å². The highest BCUT2D eigenvalue weighted by molar-refractivity contribution is 7.14. The van der Waals surface area contributed by atoms with Crippen LogP contribution in [0.4, 0.5) is 13.9 Å². The van der Waals surface area contributed by atoms with Gasteiger partial charge in [0.25, 0.3) is 0 Å². The van der Waals surface area contributed by atoms with E-state index in [4.69, 9.17) is 0 Å². The summed E-state index contributed by atoms with van der Waals surface area (Å²) in [6, 6.07) is 17.4. The van der Waals surface area contributed by atoms with Gasteiger partial charge < -0.3 is 9.88 Å². The largest absolute Gasteiger partial charge is 0.331 e. The van der Waals surface area contributed by atoms with Crippen LogP contribution in [0, 0.1) is 11.6 Å². The second kappa shape index (κ2) is 7.97. The molecule has 0 saturated heterocycles. The topological polar surface area (TPSA) is 64.0 Å². The molecule has 0 aliphatic heterocycles. The Morgan fingerprint density at radius 1 is 0.969 bits per heavy atom. The summed E-state index contributed by atoms with van der Waals surface area (Å²) in [5, 5.41) is 5.58. The third-order valence-electron chi connectivity index (χ3n) is 5.14. The Balaban J connectivity index is 1.48. The number of pyridine rings is 1. The molecule has 8 heteroatoms. The van der Waals surface area contributed by atoms with Crippen LogP contribution in [0.1, 0.15) is 0 Å². The molecule has 2 heterocycles. The number of hydrogen-bond donors (Lipinski definition) is 1. The monoisotopic (exact) mass is 447 g/mol. The van der Waals surface area contributed by atoms with Crippen molar-refractivity contribution in [2.24, 2.45) is 0 Å². The summed E-state index contributed by atoms with van der Waals surface area (Å²) in [4.78, 5) is 29.9. The van der Waals surface area contributed by atoms with Gasteiger partial charge in [-0.2, -0.15) is 0 Å². The van der Waals surface area contributed by atoms with Crippen molar-refractivity contribution in [3.63, 3.8) is 0 Å². The maximum Gasteiger partial charge on any atom is 0.246 e. The zero-order valence-electron chi connectivity index (χ0n) is 16.5. The number of amides is 1. The summed E-state index contributed by atoms with van der Waals surface area (Å²) in [7, 11) is 0. The number of anilines is 1.